The molecule has 3 rings (SSSR count). The predicted octanol–water partition coefficient (Wildman–Crippen LogP) is 4.95. The van der Waals surface area contributed by atoms with Gasteiger partial charge in [0.2, 0.25) is 0 Å². The van der Waals surface area contributed by atoms with Crippen LogP contribution in [-0.4, -0.2) is 29.3 Å². The monoisotopic (exact) mass is 354 g/mol. The van der Waals surface area contributed by atoms with E-state index in [2.05, 4.69) is 4.99 Å². The van der Waals surface area contributed by atoms with Crippen LogP contribution in [0.1, 0.15) is 11.1 Å². The first kappa shape index (κ1) is 16.9. The van der Waals surface area contributed by atoms with E-state index in [9.17, 15) is 4.79 Å². The van der Waals surface area contributed by atoms with Crippen molar-refractivity contribution in [2.45, 2.75) is 11.8 Å². The molecule has 0 unspecified atom stereocenters. The molecule has 122 valence electrons. The Morgan fingerprint density at radius 2 is 1.92 bits per heavy atom. The summed E-state index contributed by atoms with van der Waals surface area (Å²) in [6.07, 6.45) is 3.96. The molecule has 2 aromatic rings. The zero-order valence-electron chi connectivity index (χ0n) is 13.8. The average molecular weight is 355 g/mol. The standard InChI is InChI=1S/C19H18N2OS2/c1-13-7-9-14(10-8-13)11-17-18(22)21(2)19(24-17)20-15-5-4-6-16(12-15)23-3/h4-12H,1-3H3/b17-11+,20-19?. The molecule has 1 aliphatic rings. The third kappa shape index (κ3) is 3.74. The zero-order chi connectivity index (χ0) is 17.1. The number of aliphatic imine (C=N–C) groups is 1. The summed E-state index contributed by atoms with van der Waals surface area (Å²) in [5, 5.41) is 0.705. The van der Waals surface area contributed by atoms with Gasteiger partial charge in [-0.25, -0.2) is 4.99 Å². The highest BCUT2D eigenvalue weighted by atomic mass is 32.2. The molecule has 24 heavy (non-hydrogen) atoms. The second-order valence-corrected chi connectivity index (χ2v) is 7.37. The molecular weight excluding hydrogens is 336 g/mol. The van der Waals surface area contributed by atoms with Gasteiger partial charge in [0.15, 0.2) is 5.17 Å². The van der Waals surface area contributed by atoms with Gasteiger partial charge >= 0.3 is 0 Å². The Kier molecular flexibility index (Phi) is 5.11. The highest BCUT2D eigenvalue weighted by Gasteiger charge is 2.30. The molecule has 1 fully saturated rings. The number of amides is 1. The highest BCUT2D eigenvalue weighted by molar-refractivity contribution is 8.18. The molecule has 1 saturated heterocycles. The number of carbonyl (C=O) groups excluding carboxylic acids is 1. The normalized spacial score (nSPS) is 18.0. The number of thioether (sulfide) groups is 2. The summed E-state index contributed by atoms with van der Waals surface area (Å²) in [5.74, 6) is -0.0136. The minimum Gasteiger partial charge on any atom is -0.290 e. The second-order valence-electron chi connectivity index (χ2n) is 5.48. The minimum atomic E-state index is -0.0136. The Balaban J connectivity index is 1.88. The number of carbonyl (C=O) groups is 1. The van der Waals surface area contributed by atoms with E-state index in [1.54, 1.807) is 23.7 Å². The molecule has 2 aromatic carbocycles. The van der Waals surface area contributed by atoms with Gasteiger partial charge < -0.3 is 0 Å². The summed E-state index contributed by atoms with van der Waals surface area (Å²) < 4.78 is 0. The largest absolute Gasteiger partial charge is 0.290 e. The maximum absolute atomic E-state index is 12.5. The molecule has 1 amide bonds. The lowest BCUT2D eigenvalue weighted by Gasteiger charge is -2.07. The van der Waals surface area contributed by atoms with Gasteiger partial charge in [0, 0.05) is 11.9 Å². The molecule has 3 nitrogen and oxygen atoms in total. The average Bonchev–Trinajstić information content (AvgIpc) is 2.85. The fourth-order valence-corrected chi connectivity index (χ4v) is 3.70. The molecule has 0 aliphatic carbocycles. The van der Waals surface area contributed by atoms with Crippen molar-refractivity contribution in [3.05, 3.63) is 64.6 Å². The van der Waals surface area contributed by atoms with Crippen LogP contribution < -0.4 is 0 Å². The van der Waals surface area contributed by atoms with Gasteiger partial charge in [-0.1, -0.05) is 35.9 Å². The summed E-state index contributed by atoms with van der Waals surface area (Å²) >= 11 is 3.09. The van der Waals surface area contributed by atoms with Gasteiger partial charge in [-0.2, -0.15) is 0 Å². The van der Waals surface area contributed by atoms with Crippen molar-refractivity contribution < 1.29 is 4.79 Å². The molecule has 0 radical (unpaired) electrons. The van der Waals surface area contributed by atoms with Crippen LogP contribution in [0.3, 0.4) is 0 Å². The number of hydrogen-bond acceptors (Lipinski definition) is 4. The van der Waals surface area contributed by atoms with Crippen LogP contribution in [0.5, 0.6) is 0 Å². The zero-order valence-corrected chi connectivity index (χ0v) is 15.4. The van der Waals surface area contributed by atoms with Crippen molar-refractivity contribution in [3.8, 4) is 0 Å². The summed E-state index contributed by atoms with van der Waals surface area (Å²) in [6.45, 7) is 2.05. The van der Waals surface area contributed by atoms with Crippen molar-refractivity contribution >= 4 is 46.4 Å². The third-order valence-electron chi connectivity index (χ3n) is 3.66. The highest BCUT2D eigenvalue weighted by Crippen LogP contribution is 2.33. The molecule has 0 bridgehead atoms. The number of nitrogens with zero attached hydrogens (tertiary/aromatic N) is 2. The summed E-state index contributed by atoms with van der Waals surface area (Å²) in [7, 11) is 1.77. The first-order valence-electron chi connectivity index (χ1n) is 7.54. The Bertz CT molecular complexity index is 826. The molecule has 0 spiro atoms. The van der Waals surface area contributed by atoms with Crippen molar-refractivity contribution in [1.82, 2.24) is 4.90 Å². The van der Waals surface area contributed by atoms with Crippen LogP contribution in [0.25, 0.3) is 6.08 Å². The maximum atomic E-state index is 12.5. The van der Waals surface area contributed by atoms with E-state index in [1.807, 2.05) is 67.8 Å². The van der Waals surface area contributed by atoms with Gasteiger partial charge in [0.25, 0.3) is 5.91 Å². The number of likely N-dealkylation sites (N-methyl/N-ethyl adjacent to an activating group) is 1. The van der Waals surface area contributed by atoms with E-state index in [0.29, 0.717) is 10.1 Å². The molecule has 0 N–H and O–H groups in total. The van der Waals surface area contributed by atoms with Crippen molar-refractivity contribution in [3.63, 3.8) is 0 Å². The topological polar surface area (TPSA) is 32.7 Å². The Morgan fingerprint density at radius 3 is 2.62 bits per heavy atom. The number of aryl methyl sites for hydroxylation is 1. The molecule has 0 saturated carbocycles. The maximum Gasteiger partial charge on any atom is 0.266 e. The van der Waals surface area contributed by atoms with Crippen LogP contribution >= 0.6 is 23.5 Å². The van der Waals surface area contributed by atoms with E-state index in [4.69, 9.17) is 0 Å². The van der Waals surface area contributed by atoms with E-state index >= 15 is 0 Å². The Labute approximate surface area is 150 Å². The molecule has 0 aromatic heterocycles. The Hall–Kier alpha value is -1.98. The lowest BCUT2D eigenvalue weighted by molar-refractivity contribution is -0.121. The first-order valence-corrected chi connectivity index (χ1v) is 9.58. The number of rotatable bonds is 3. The molecule has 1 aliphatic heterocycles. The molecule has 0 atom stereocenters. The van der Waals surface area contributed by atoms with Crippen LogP contribution in [0.4, 0.5) is 5.69 Å². The van der Waals surface area contributed by atoms with E-state index in [1.165, 1.54) is 17.3 Å². The SMILES string of the molecule is CSc1cccc(N=C2S/C(=C/c3ccc(C)cc3)C(=O)N2C)c1. The van der Waals surface area contributed by atoms with Gasteiger partial charge in [-0.3, -0.25) is 9.69 Å². The molecule has 5 heteroatoms. The van der Waals surface area contributed by atoms with Crippen molar-refractivity contribution in [1.29, 1.82) is 0 Å². The smallest absolute Gasteiger partial charge is 0.266 e. The fraction of sp³-hybridized carbons (Fsp3) is 0.158. The Morgan fingerprint density at radius 1 is 1.17 bits per heavy atom. The molecule has 1 heterocycles. The van der Waals surface area contributed by atoms with Gasteiger partial charge in [0.05, 0.1) is 10.6 Å². The van der Waals surface area contributed by atoms with Crippen LogP contribution in [-0.2, 0) is 4.79 Å². The van der Waals surface area contributed by atoms with E-state index < -0.39 is 0 Å². The minimum absolute atomic E-state index is 0.0136. The number of amidine groups is 1. The van der Waals surface area contributed by atoms with Gasteiger partial charge in [-0.05, 0) is 54.8 Å². The van der Waals surface area contributed by atoms with E-state index in [-0.39, 0.29) is 5.91 Å². The van der Waals surface area contributed by atoms with E-state index in [0.717, 1.165) is 16.1 Å². The summed E-state index contributed by atoms with van der Waals surface area (Å²) in [5.41, 5.74) is 3.09. The summed E-state index contributed by atoms with van der Waals surface area (Å²) in [4.78, 5) is 20.5. The van der Waals surface area contributed by atoms with Crippen molar-refractivity contribution in [2.24, 2.45) is 4.99 Å². The van der Waals surface area contributed by atoms with Crippen molar-refractivity contribution in [2.75, 3.05) is 13.3 Å². The van der Waals surface area contributed by atoms with Crippen LogP contribution in [0.2, 0.25) is 0 Å². The number of benzene rings is 2. The quantitative estimate of drug-likeness (QED) is 0.577. The first-order chi connectivity index (χ1) is 11.6. The third-order valence-corrected chi connectivity index (χ3v) is 5.44. The summed E-state index contributed by atoms with van der Waals surface area (Å²) in [6, 6.07) is 16.1. The van der Waals surface area contributed by atoms with Gasteiger partial charge in [-0.15, -0.1) is 11.8 Å². The lowest BCUT2D eigenvalue weighted by atomic mass is 10.1. The lowest BCUT2D eigenvalue weighted by Crippen LogP contribution is -2.23. The molecular formula is C19H18N2OS2. The van der Waals surface area contributed by atoms with Crippen LogP contribution in [0.15, 0.2) is 63.3 Å². The van der Waals surface area contributed by atoms with Crippen LogP contribution in [0, 0.1) is 6.92 Å². The predicted molar refractivity (Wildman–Crippen MR) is 105 cm³/mol. The number of hydrogen-bond donors (Lipinski definition) is 0. The second kappa shape index (κ2) is 7.28. The fourth-order valence-electron chi connectivity index (χ4n) is 2.26. The van der Waals surface area contributed by atoms with Gasteiger partial charge in [0.1, 0.15) is 0 Å².